The van der Waals surface area contributed by atoms with E-state index in [9.17, 15) is 4.79 Å². The smallest absolute Gasteiger partial charge is 0.278 e. The molecule has 1 amide bonds. The van der Waals surface area contributed by atoms with E-state index in [0.29, 0.717) is 23.1 Å². The number of nitrogens with zero attached hydrogens (tertiary/aromatic N) is 3. The van der Waals surface area contributed by atoms with Crippen molar-refractivity contribution in [1.82, 2.24) is 9.97 Å². The molecule has 0 unspecified atom stereocenters. The van der Waals surface area contributed by atoms with Crippen molar-refractivity contribution in [2.24, 2.45) is 0 Å². The van der Waals surface area contributed by atoms with Crippen LogP contribution in [0.5, 0.6) is 0 Å². The number of amides is 1. The quantitative estimate of drug-likeness (QED) is 0.749. The Morgan fingerprint density at radius 1 is 1.15 bits per heavy atom. The summed E-state index contributed by atoms with van der Waals surface area (Å²) in [4.78, 5) is 23.1. The number of aryl methyl sites for hydroxylation is 1. The van der Waals surface area contributed by atoms with E-state index in [4.69, 9.17) is 11.6 Å². The number of nitrogens with one attached hydrogen (secondary N) is 1. The van der Waals surface area contributed by atoms with Crippen molar-refractivity contribution in [3.05, 3.63) is 76.7 Å². The van der Waals surface area contributed by atoms with Gasteiger partial charge in [0.2, 0.25) is 0 Å². The zero-order chi connectivity index (χ0) is 18.1. The van der Waals surface area contributed by atoms with Crippen molar-refractivity contribution < 1.29 is 4.79 Å². The fourth-order valence-electron chi connectivity index (χ4n) is 3.10. The predicted octanol–water partition coefficient (Wildman–Crippen LogP) is 4.38. The largest absolute Gasteiger partial charge is 0.339 e. The summed E-state index contributed by atoms with van der Waals surface area (Å²) in [6, 6.07) is 13.5. The topological polar surface area (TPSA) is 58.1 Å². The summed E-state index contributed by atoms with van der Waals surface area (Å²) in [6.45, 7) is 2.63. The maximum Gasteiger partial charge on any atom is 0.278 e. The minimum absolute atomic E-state index is 0.128. The molecular formula is C20H17ClN4O. The molecule has 0 radical (unpaired) electrons. The van der Waals surface area contributed by atoms with E-state index in [0.717, 1.165) is 23.4 Å². The van der Waals surface area contributed by atoms with Gasteiger partial charge >= 0.3 is 0 Å². The Hall–Kier alpha value is -2.92. The molecule has 0 bridgehead atoms. The van der Waals surface area contributed by atoms with Gasteiger partial charge in [-0.25, -0.2) is 9.97 Å². The molecule has 3 aromatic rings. The van der Waals surface area contributed by atoms with E-state index in [2.05, 4.69) is 21.4 Å². The van der Waals surface area contributed by atoms with E-state index in [-0.39, 0.29) is 5.91 Å². The Morgan fingerprint density at radius 3 is 2.77 bits per heavy atom. The Balaban J connectivity index is 1.52. The molecule has 1 aliphatic heterocycles. The summed E-state index contributed by atoms with van der Waals surface area (Å²) in [7, 11) is 0. The average molecular weight is 365 g/mol. The van der Waals surface area contributed by atoms with E-state index >= 15 is 0 Å². The number of halogens is 1. The average Bonchev–Trinajstić information content (AvgIpc) is 3.08. The Bertz CT molecular complexity index is 972. The van der Waals surface area contributed by atoms with Crippen LogP contribution in [0, 0.1) is 6.92 Å². The SMILES string of the molecule is Cc1cc(Cl)ccc1Nc1cnc(C(=O)N2CCc3ccccc32)cn1. The predicted molar refractivity (Wildman–Crippen MR) is 103 cm³/mol. The van der Waals surface area contributed by atoms with E-state index in [1.54, 1.807) is 11.1 Å². The highest BCUT2D eigenvalue weighted by molar-refractivity contribution is 6.30. The van der Waals surface area contributed by atoms with Crippen LogP contribution >= 0.6 is 11.6 Å². The number of para-hydroxylation sites is 1. The molecule has 2 heterocycles. The number of anilines is 3. The van der Waals surface area contributed by atoms with E-state index in [1.807, 2.05) is 43.3 Å². The van der Waals surface area contributed by atoms with Crippen LogP contribution in [0.2, 0.25) is 5.02 Å². The van der Waals surface area contributed by atoms with Gasteiger partial charge in [0.25, 0.3) is 5.91 Å². The lowest BCUT2D eigenvalue weighted by Gasteiger charge is -2.16. The number of carbonyl (C=O) groups excluding carboxylic acids is 1. The molecule has 4 rings (SSSR count). The van der Waals surface area contributed by atoms with Crippen LogP contribution in [0.25, 0.3) is 0 Å². The monoisotopic (exact) mass is 364 g/mol. The Morgan fingerprint density at radius 2 is 2.00 bits per heavy atom. The minimum Gasteiger partial charge on any atom is -0.339 e. The van der Waals surface area contributed by atoms with Gasteiger partial charge in [-0.05, 0) is 48.7 Å². The standard InChI is InChI=1S/C20H17ClN4O/c1-13-10-15(21)6-7-16(13)24-19-12-22-17(11-23-19)20(26)25-9-8-14-4-2-3-5-18(14)25/h2-7,10-12H,8-9H2,1H3,(H,23,24). The van der Waals surface area contributed by atoms with Gasteiger partial charge in [-0.2, -0.15) is 0 Å². The molecule has 0 atom stereocenters. The zero-order valence-corrected chi connectivity index (χ0v) is 15.0. The van der Waals surface area contributed by atoms with Crippen LogP contribution in [0.3, 0.4) is 0 Å². The number of rotatable bonds is 3. The lowest BCUT2D eigenvalue weighted by Crippen LogP contribution is -2.29. The fraction of sp³-hybridized carbons (Fsp3) is 0.150. The first-order valence-corrected chi connectivity index (χ1v) is 8.74. The second kappa shape index (κ2) is 6.77. The number of aromatic nitrogens is 2. The number of hydrogen-bond donors (Lipinski definition) is 1. The van der Waals surface area contributed by atoms with Crippen molar-refractivity contribution >= 4 is 34.7 Å². The molecule has 1 aliphatic rings. The van der Waals surface area contributed by atoms with Crippen molar-refractivity contribution in [3.63, 3.8) is 0 Å². The first-order valence-electron chi connectivity index (χ1n) is 8.37. The summed E-state index contributed by atoms with van der Waals surface area (Å²) in [5.41, 5.74) is 4.38. The lowest BCUT2D eigenvalue weighted by molar-refractivity contribution is 0.0984. The Kier molecular flexibility index (Phi) is 4.31. The molecule has 0 fully saturated rings. The van der Waals surface area contributed by atoms with Crippen molar-refractivity contribution in [1.29, 1.82) is 0 Å². The zero-order valence-electron chi connectivity index (χ0n) is 14.2. The van der Waals surface area contributed by atoms with Gasteiger partial charge in [0, 0.05) is 22.9 Å². The maximum atomic E-state index is 12.8. The number of benzene rings is 2. The molecule has 0 saturated heterocycles. The molecule has 2 aromatic carbocycles. The highest BCUT2D eigenvalue weighted by Gasteiger charge is 2.26. The highest BCUT2D eigenvalue weighted by atomic mass is 35.5. The van der Waals surface area contributed by atoms with Gasteiger partial charge in [-0.3, -0.25) is 4.79 Å². The lowest BCUT2D eigenvalue weighted by atomic mass is 10.2. The summed E-state index contributed by atoms with van der Waals surface area (Å²) in [5, 5.41) is 3.88. The Labute approximate surface area is 156 Å². The van der Waals surface area contributed by atoms with Crippen LogP contribution in [0.4, 0.5) is 17.2 Å². The number of carbonyl (C=O) groups is 1. The summed E-state index contributed by atoms with van der Waals surface area (Å²) >= 11 is 5.98. The molecule has 130 valence electrons. The minimum atomic E-state index is -0.128. The van der Waals surface area contributed by atoms with E-state index in [1.165, 1.54) is 11.8 Å². The molecule has 1 N–H and O–H groups in total. The van der Waals surface area contributed by atoms with Crippen LogP contribution in [-0.4, -0.2) is 22.4 Å². The van der Waals surface area contributed by atoms with Gasteiger partial charge < -0.3 is 10.2 Å². The summed E-state index contributed by atoms with van der Waals surface area (Å²) in [5.74, 6) is 0.450. The molecule has 26 heavy (non-hydrogen) atoms. The van der Waals surface area contributed by atoms with Gasteiger partial charge in [-0.15, -0.1) is 0 Å². The molecule has 5 nitrogen and oxygen atoms in total. The first kappa shape index (κ1) is 16.5. The third kappa shape index (κ3) is 3.13. The summed E-state index contributed by atoms with van der Waals surface area (Å²) in [6.07, 6.45) is 3.95. The number of fused-ring (bicyclic) bond motifs is 1. The maximum absolute atomic E-state index is 12.8. The van der Waals surface area contributed by atoms with Crippen LogP contribution in [0.1, 0.15) is 21.6 Å². The van der Waals surface area contributed by atoms with Crippen molar-refractivity contribution in [2.45, 2.75) is 13.3 Å². The second-order valence-corrected chi connectivity index (χ2v) is 6.64. The second-order valence-electron chi connectivity index (χ2n) is 6.21. The normalized spacial score (nSPS) is 12.8. The molecule has 0 aliphatic carbocycles. The van der Waals surface area contributed by atoms with Gasteiger partial charge in [0.05, 0.1) is 12.4 Å². The van der Waals surface area contributed by atoms with Crippen LogP contribution < -0.4 is 10.2 Å². The van der Waals surface area contributed by atoms with Crippen molar-refractivity contribution in [2.75, 3.05) is 16.8 Å². The molecular weight excluding hydrogens is 348 g/mol. The van der Waals surface area contributed by atoms with Crippen LogP contribution in [-0.2, 0) is 6.42 Å². The first-order chi connectivity index (χ1) is 12.6. The third-order valence-corrected chi connectivity index (χ3v) is 4.69. The number of hydrogen-bond acceptors (Lipinski definition) is 4. The molecule has 0 spiro atoms. The van der Waals surface area contributed by atoms with E-state index < -0.39 is 0 Å². The fourth-order valence-corrected chi connectivity index (χ4v) is 3.32. The summed E-state index contributed by atoms with van der Waals surface area (Å²) < 4.78 is 0. The molecule has 1 aromatic heterocycles. The van der Waals surface area contributed by atoms with Gasteiger partial charge in [0.15, 0.2) is 0 Å². The molecule has 0 saturated carbocycles. The molecule has 6 heteroatoms. The third-order valence-electron chi connectivity index (χ3n) is 4.45. The highest BCUT2D eigenvalue weighted by Crippen LogP contribution is 2.28. The van der Waals surface area contributed by atoms with Gasteiger partial charge in [0.1, 0.15) is 11.5 Å². The van der Waals surface area contributed by atoms with Gasteiger partial charge in [-0.1, -0.05) is 29.8 Å². The van der Waals surface area contributed by atoms with Crippen LogP contribution in [0.15, 0.2) is 54.9 Å². The van der Waals surface area contributed by atoms with Crippen molar-refractivity contribution in [3.8, 4) is 0 Å².